The van der Waals surface area contributed by atoms with Gasteiger partial charge in [-0.25, -0.2) is 0 Å². The van der Waals surface area contributed by atoms with Gasteiger partial charge < -0.3 is 15.4 Å². The summed E-state index contributed by atoms with van der Waals surface area (Å²) in [4.78, 5) is 0. The van der Waals surface area contributed by atoms with Gasteiger partial charge in [-0.2, -0.15) is 0 Å². The maximum atomic E-state index is 2.78. The molecule has 0 aromatic rings. The van der Waals surface area contributed by atoms with Gasteiger partial charge in [-0.05, 0) is 0 Å². The van der Waals surface area contributed by atoms with Gasteiger partial charge in [0.25, 0.3) is 22.6 Å². The first-order valence-corrected chi connectivity index (χ1v) is 1.73. The van der Waals surface area contributed by atoms with Crippen LogP contribution in [0.1, 0.15) is 0 Å². The fraction of sp³-hybridized carbons (Fsp3) is 0. The van der Waals surface area contributed by atoms with Crippen LogP contribution in [0.3, 0.4) is 0 Å². The minimum absolute atomic E-state index is 0. The predicted octanol–water partition coefficient (Wildman–Crippen LogP) is -3.01. The van der Waals surface area contributed by atoms with Crippen molar-refractivity contribution >= 4 is 33.6 Å². The molecule has 0 atom stereocenters. The van der Waals surface area contributed by atoms with E-state index in [1.807, 2.05) is 0 Å². The van der Waals surface area contributed by atoms with E-state index in [-0.39, 0.29) is 11.0 Å². The topological polar surface area (TPSA) is 36.1 Å². The Bertz CT molecular complexity index is 25.7. The van der Waals surface area contributed by atoms with Crippen LogP contribution < -0.4 is 15.4 Å². The lowest BCUT2D eigenvalue weighted by molar-refractivity contribution is 1.28. The summed E-state index contributed by atoms with van der Waals surface area (Å²) in [5, 5.41) is 8.34. The average molecular weight is 106 g/mol. The molecule has 0 aromatic heterocycles. The summed E-state index contributed by atoms with van der Waals surface area (Å²) >= 11 is 0. The minimum Gasteiger partial charge on any atom is -0.379 e. The van der Waals surface area contributed by atoms with E-state index in [0.717, 1.165) is 0 Å². The molecule has 31 valence electrons. The maximum absolute atomic E-state index is 2.78. The van der Waals surface area contributed by atoms with Crippen LogP contribution in [0.25, 0.3) is 0 Å². The molecule has 7 heteroatoms. The summed E-state index contributed by atoms with van der Waals surface area (Å²) < 4.78 is 0. The zero-order chi connectivity index (χ0) is 4.24. The monoisotopic (exact) mass is 106 g/mol. The second-order valence-corrected chi connectivity index (χ2v) is 0.933. The lowest BCUT2D eigenvalue weighted by Gasteiger charge is -2.07. The third-order valence-electron chi connectivity index (χ3n) is 0.500. The molecule has 7 radical (unpaired) electrons. The van der Waals surface area contributed by atoms with E-state index >= 15 is 0 Å². The van der Waals surface area contributed by atoms with Crippen LogP contribution in [0.4, 0.5) is 0 Å². The average Bonchev–Trinajstić information content (AvgIpc) is 1.72. The van der Waals surface area contributed by atoms with Gasteiger partial charge in [-0.15, -0.1) is 0 Å². The zero-order valence-corrected chi connectivity index (χ0v) is 4.73. The van der Waals surface area contributed by atoms with Crippen LogP contribution in [-0.2, 0) is 0 Å². The van der Waals surface area contributed by atoms with Gasteiger partial charge in [-0.3, -0.25) is 0 Å². The first-order valence-electron chi connectivity index (χ1n) is 1.73. The van der Waals surface area contributed by atoms with Crippen LogP contribution in [-0.4, -0.2) is 33.6 Å². The molecule has 0 bridgehead atoms. The smallest absolute Gasteiger partial charge is 0.284 e. The summed E-state index contributed by atoms with van der Waals surface area (Å²) in [6.07, 6.45) is 0. The predicted molar refractivity (Wildman–Crippen MR) is 32.4 cm³/mol. The van der Waals surface area contributed by atoms with Gasteiger partial charge in [0.2, 0.25) is 0 Å². The zero-order valence-electron chi connectivity index (χ0n) is 3.73. The molecule has 0 spiro atoms. The highest BCUT2D eigenvalue weighted by atomic mass is 28.1. The fourth-order valence-electron chi connectivity index (χ4n) is 0.269. The molecule has 0 unspecified atom stereocenters. The first kappa shape index (κ1) is 7.29. The molecule has 1 aliphatic rings. The van der Waals surface area contributed by atoms with E-state index in [1.54, 1.807) is 22.6 Å². The van der Waals surface area contributed by atoms with E-state index in [0.29, 0.717) is 0 Å². The number of nitrogens with one attached hydrogen (secondary N) is 3. The van der Waals surface area contributed by atoms with Gasteiger partial charge in [0.15, 0.2) is 0 Å². The van der Waals surface area contributed by atoms with E-state index in [9.17, 15) is 0 Å². The van der Waals surface area contributed by atoms with Gasteiger partial charge in [0.05, 0.1) is 0 Å². The van der Waals surface area contributed by atoms with Crippen molar-refractivity contribution in [3.05, 3.63) is 0 Å². The van der Waals surface area contributed by atoms with Crippen LogP contribution in [0.5, 0.6) is 0 Å². The molecule has 1 fully saturated rings. The Hall–Kier alpha value is 0.292. The fourth-order valence-corrected chi connectivity index (χ4v) is 0.269. The molecule has 1 heterocycles. The van der Waals surface area contributed by atoms with Crippen LogP contribution >= 0.6 is 0 Å². The summed E-state index contributed by atoms with van der Waals surface area (Å²) in [6, 6.07) is 0. The van der Waals surface area contributed by atoms with Crippen molar-refractivity contribution < 1.29 is 0 Å². The highest BCUT2D eigenvalue weighted by molar-refractivity contribution is 6.65. The molecule has 7 heavy (non-hydrogen) atoms. The van der Waals surface area contributed by atoms with Crippen molar-refractivity contribution in [2.45, 2.75) is 0 Å². The molecule has 0 aromatic carbocycles. The summed E-state index contributed by atoms with van der Waals surface area (Å²) in [5.41, 5.74) is 0. The molecule has 1 rings (SSSR count). The van der Waals surface area contributed by atoms with Crippen molar-refractivity contribution in [3.8, 4) is 0 Å². The Labute approximate surface area is 49.9 Å². The Morgan fingerprint density at radius 3 is 1.14 bits per heavy atom. The minimum atomic E-state index is 0. The molecule has 0 amide bonds. The molecule has 1 aliphatic heterocycles. The highest BCUT2D eigenvalue weighted by Crippen LogP contribution is 1.46. The first-order chi connectivity index (χ1) is 3.00. The number of hydrogen-bond acceptors (Lipinski definition) is 3. The second kappa shape index (κ2) is 4.45. The Morgan fingerprint density at radius 2 is 1.00 bits per heavy atom. The molecule has 1 saturated heterocycles. The molecule has 0 saturated carbocycles. The third kappa shape index (κ3) is 2.93. The van der Waals surface area contributed by atoms with Gasteiger partial charge in [-0.1, -0.05) is 0 Å². The van der Waals surface area contributed by atoms with Crippen molar-refractivity contribution in [2.75, 3.05) is 0 Å². The molecule has 3 nitrogen and oxygen atoms in total. The van der Waals surface area contributed by atoms with Crippen LogP contribution in [0.2, 0.25) is 0 Å². The van der Waals surface area contributed by atoms with Crippen molar-refractivity contribution in [3.63, 3.8) is 0 Å². The standard InChI is InChI=1S/B3H3N3.Si/c1-4-2-6-3-5-1;/h4-6H;. The van der Waals surface area contributed by atoms with E-state index in [4.69, 9.17) is 0 Å². The van der Waals surface area contributed by atoms with Gasteiger partial charge in [0, 0.05) is 11.0 Å². The third-order valence-corrected chi connectivity index (χ3v) is 0.500. The van der Waals surface area contributed by atoms with E-state index < -0.39 is 0 Å². The Morgan fingerprint density at radius 1 is 0.714 bits per heavy atom. The van der Waals surface area contributed by atoms with Gasteiger partial charge in [0.1, 0.15) is 0 Å². The lowest BCUT2D eigenvalue weighted by Crippen LogP contribution is -2.55. The maximum Gasteiger partial charge on any atom is 0.284 e. The van der Waals surface area contributed by atoms with Crippen LogP contribution in [0, 0.1) is 0 Å². The molecule has 0 aliphatic carbocycles. The number of hydrogen-bond donors (Lipinski definition) is 3. The second-order valence-electron chi connectivity index (χ2n) is 0.933. The summed E-state index contributed by atoms with van der Waals surface area (Å²) in [7, 11) is 5.16. The van der Waals surface area contributed by atoms with Crippen LogP contribution in [0.15, 0.2) is 0 Å². The largest absolute Gasteiger partial charge is 0.379 e. The van der Waals surface area contributed by atoms with E-state index in [1.165, 1.54) is 0 Å². The molecule has 3 N–H and O–H groups in total. The van der Waals surface area contributed by atoms with Crippen molar-refractivity contribution in [1.29, 1.82) is 0 Å². The quantitative estimate of drug-likeness (QED) is 0.287. The van der Waals surface area contributed by atoms with Gasteiger partial charge >= 0.3 is 0 Å². The Kier molecular flexibility index (Phi) is 4.64. The summed E-state index contributed by atoms with van der Waals surface area (Å²) in [5.74, 6) is 0. The highest BCUT2D eigenvalue weighted by Gasteiger charge is 1.98. The van der Waals surface area contributed by atoms with Crippen molar-refractivity contribution in [2.24, 2.45) is 0 Å². The molecular weight excluding hydrogens is 103 g/mol. The van der Waals surface area contributed by atoms with E-state index in [2.05, 4.69) is 15.4 Å². The molecular formula is H3B3N3Si. The normalized spacial score (nSPS) is 17.1. The van der Waals surface area contributed by atoms with Crippen molar-refractivity contribution in [1.82, 2.24) is 15.4 Å². The lowest BCUT2D eigenvalue weighted by atomic mass is 9.85. The summed E-state index contributed by atoms with van der Waals surface area (Å²) in [6.45, 7) is 0. The number of rotatable bonds is 0. The Balaban J connectivity index is 0.000000360. The SMILES string of the molecule is [B]1N[B]N[B]N1.[Si].